The van der Waals surface area contributed by atoms with Crippen molar-refractivity contribution < 1.29 is 19.4 Å². The van der Waals surface area contributed by atoms with Gasteiger partial charge in [0.25, 0.3) is 5.91 Å². The zero-order valence-electron chi connectivity index (χ0n) is 14.8. The van der Waals surface area contributed by atoms with Crippen molar-refractivity contribution >= 4 is 40.1 Å². The molecule has 0 atom stereocenters. The molecule has 5 N–H and O–H groups in total. The van der Waals surface area contributed by atoms with Crippen LogP contribution in [0.3, 0.4) is 0 Å². The SMILES string of the molecule is CCNC(=O)Nc1ccccc1Oc1c(Cl)cnc2cc(O)c(C(N)=O)cc12. The summed E-state index contributed by atoms with van der Waals surface area (Å²) in [7, 11) is 0. The Bertz CT molecular complexity index is 1070. The van der Waals surface area contributed by atoms with Gasteiger partial charge in [0.1, 0.15) is 10.8 Å². The number of para-hydroxylation sites is 2. The Kier molecular flexibility index (Phi) is 5.51. The molecular formula is C19H17ClN4O4. The fourth-order valence-electron chi connectivity index (χ4n) is 2.58. The van der Waals surface area contributed by atoms with Gasteiger partial charge in [-0.1, -0.05) is 23.7 Å². The third-order valence-electron chi connectivity index (χ3n) is 3.84. The Morgan fingerprint density at radius 2 is 2.04 bits per heavy atom. The van der Waals surface area contributed by atoms with Gasteiger partial charge in [0.05, 0.1) is 16.8 Å². The van der Waals surface area contributed by atoms with Crippen LogP contribution in [0.5, 0.6) is 17.2 Å². The lowest BCUT2D eigenvalue weighted by Gasteiger charge is -2.15. The highest BCUT2D eigenvalue weighted by Gasteiger charge is 2.17. The number of nitrogens with one attached hydrogen (secondary N) is 2. The number of carbonyl (C=O) groups excluding carboxylic acids is 2. The molecule has 0 saturated heterocycles. The second kappa shape index (κ2) is 8.01. The number of pyridine rings is 1. The first-order chi connectivity index (χ1) is 13.4. The third-order valence-corrected chi connectivity index (χ3v) is 4.11. The quantitative estimate of drug-likeness (QED) is 0.520. The molecule has 3 rings (SSSR count). The Hall–Kier alpha value is -3.52. The van der Waals surface area contributed by atoms with E-state index in [1.54, 1.807) is 31.2 Å². The third kappa shape index (κ3) is 3.91. The number of halogens is 1. The van der Waals surface area contributed by atoms with E-state index in [0.29, 0.717) is 28.9 Å². The molecule has 0 spiro atoms. The predicted molar refractivity (Wildman–Crippen MR) is 106 cm³/mol. The summed E-state index contributed by atoms with van der Waals surface area (Å²) in [6, 6.07) is 9.07. The summed E-state index contributed by atoms with van der Waals surface area (Å²) in [6.07, 6.45) is 1.36. The lowest BCUT2D eigenvalue weighted by Crippen LogP contribution is -2.28. The van der Waals surface area contributed by atoms with Crippen LogP contribution in [0.15, 0.2) is 42.6 Å². The van der Waals surface area contributed by atoms with Crippen LogP contribution in [0.1, 0.15) is 17.3 Å². The van der Waals surface area contributed by atoms with Gasteiger partial charge in [0.2, 0.25) is 0 Å². The first-order valence-corrected chi connectivity index (χ1v) is 8.71. The molecule has 3 amide bonds. The van der Waals surface area contributed by atoms with E-state index in [4.69, 9.17) is 22.1 Å². The molecule has 1 heterocycles. The molecule has 0 saturated carbocycles. The lowest BCUT2D eigenvalue weighted by atomic mass is 10.1. The van der Waals surface area contributed by atoms with Crippen molar-refractivity contribution in [3.05, 3.63) is 53.2 Å². The van der Waals surface area contributed by atoms with E-state index >= 15 is 0 Å². The summed E-state index contributed by atoms with van der Waals surface area (Å²) >= 11 is 6.27. The maximum atomic E-state index is 11.9. The number of hydrogen-bond donors (Lipinski definition) is 4. The minimum absolute atomic E-state index is 0.0878. The standard InChI is InChI=1S/C19H17ClN4O4/c1-2-22-19(27)24-13-5-3-4-6-16(13)28-17-10-7-11(18(21)26)15(25)8-14(10)23-9-12(17)20/h3-9,25H,2H2,1H3,(H2,21,26)(H2,22,24,27). The Morgan fingerprint density at radius 1 is 1.29 bits per heavy atom. The molecule has 0 fully saturated rings. The van der Waals surface area contributed by atoms with Crippen LogP contribution >= 0.6 is 11.6 Å². The van der Waals surface area contributed by atoms with Gasteiger partial charge in [-0.05, 0) is 25.1 Å². The molecular weight excluding hydrogens is 384 g/mol. The van der Waals surface area contributed by atoms with Crippen molar-refractivity contribution in [1.29, 1.82) is 0 Å². The minimum Gasteiger partial charge on any atom is -0.507 e. The van der Waals surface area contributed by atoms with Crippen LogP contribution < -0.4 is 21.1 Å². The van der Waals surface area contributed by atoms with Gasteiger partial charge in [0, 0.05) is 24.2 Å². The first-order valence-electron chi connectivity index (χ1n) is 8.33. The number of nitrogens with two attached hydrogens (primary N) is 1. The van der Waals surface area contributed by atoms with Crippen molar-refractivity contribution in [3.8, 4) is 17.2 Å². The molecule has 9 heteroatoms. The summed E-state index contributed by atoms with van der Waals surface area (Å²) < 4.78 is 5.96. The van der Waals surface area contributed by atoms with E-state index in [-0.39, 0.29) is 28.1 Å². The molecule has 0 aliphatic rings. The van der Waals surface area contributed by atoms with Crippen LogP contribution in [0.25, 0.3) is 10.9 Å². The van der Waals surface area contributed by atoms with Crippen molar-refractivity contribution in [1.82, 2.24) is 10.3 Å². The number of benzene rings is 2. The highest BCUT2D eigenvalue weighted by molar-refractivity contribution is 6.33. The normalized spacial score (nSPS) is 10.5. The highest BCUT2D eigenvalue weighted by atomic mass is 35.5. The fourth-order valence-corrected chi connectivity index (χ4v) is 2.77. The van der Waals surface area contributed by atoms with E-state index < -0.39 is 5.91 Å². The van der Waals surface area contributed by atoms with Crippen LogP contribution in [0.4, 0.5) is 10.5 Å². The smallest absolute Gasteiger partial charge is 0.319 e. The topological polar surface area (TPSA) is 127 Å². The Morgan fingerprint density at radius 3 is 2.75 bits per heavy atom. The number of urea groups is 1. The van der Waals surface area contributed by atoms with Gasteiger partial charge >= 0.3 is 6.03 Å². The molecule has 1 aromatic heterocycles. The number of rotatable bonds is 5. The van der Waals surface area contributed by atoms with E-state index in [1.807, 2.05) is 0 Å². The Labute approximate surface area is 165 Å². The molecule has 0 bridgehead atoms. The summed E-state index contributed by atoms with van der Waals surface area (Å²) in [5, 5.41) is 15.8. The van der Waals surface area contributed by atoms with Crippen LogP contribution in [-0.4, -0.2) is 28.6 Å². The fraction of sp³-hybridized carbons (Fsp3) is 0.105. The molecule has 28 heavy (non-hydrogen) atoms. The van der Waals surface area contributed by atoms with Crippen molar-refractivity contribution in [3.63, 3.8) is 0 Å². The van der Waals surface area contributed by atoms with E-state index in [0.717, 1.165) is 0 Å². The molecule has 0 aliphatic carbocycles. The van der Waals surface area contributed by atoms with Gasteiger partial charge in [-0.2, -0.15) is 0 Å². The second-order valence-electron chi connectivity index (χ2n) is 5.77. The Balaban J connectivity index is 2.08. The van der Waals surface area contributed by atoms with Gasteiger partial charge in [0.15, 0.2) is 11.5 Å². The molecule has 0 unspecified atom stereocenters. The molecule has 8 nitrogen and oxygen atoms in total. The van der Waals surface area contributed by atoms with Gasteiger partial charge in [-0.3, -0.25) is 9.78 Å². The average molecular weight is 401 g/mol. The number of nitrogens with zero attached hydrogens (tertiary/aromatic N) is 1. The van der Waals surface area contributed by atoms with Gasteiger partial charge < -0.3 is 26.2 Å². The maximum absolute atomic E-state index is 11.9. The number of aromatic nitrogens is 1. The monoisotopic (exact) mass is 400 g/mol. The van der Waals surface area contributed by atoms with E-state index in [1.165, 1.54) is 18.3 Å². The number of phenols is 1. The van der Waals surface area contributed by atoms with Crippen molar-refractivity contribution in [2.24, 2.45) is 5.73 Å². The van der Waals surface area contributed by atoms with Crippen molar-refractivity contribution in [2.75, 3.05) is 11.9 Å². The summed E-state index contributed by atoms with van der Waals surface area (Å²) in [5.41, 5.74) is 6.00. The van der Waals surface area contributed by atoms with Gasteiger partial charge in [-0.25, -0.2) is 4.79 Å². The molecule has 0 aliphatic heterocycles. The number of carbonyl (C=O) groups is 2. The predicted octanol–water partition coefficient (Wildman–Crippen LogP) is 3.63. The first kappa shape index (κ1) is 19.2. The maximum Gasteiger partial charge on any atom is 0.319 e. The molecule has 144 valence electrons. The number of primary amides is 1. The number of anilines is 1. The van der Waals surface area contributed by atoms with E-state index in [2.05, 4.69) is 15.6 Å². The molecule has 2 aromatic carbocycles. The highest BCUT2D eigenvalue weighted by Crippen LogP contribution is 2.39. The average Bonchev–Trinajstić information content (AvgIpc) is 2.65. The second-order valence-corrected chi connectivity index (χ2v) is 6.18. The largest absolute Gasteiger partial charge is 0.507 e. The molecule has 0 radical (unpaired) electrons. The number of hydrogen-bond acceptors (Lipinski definition) is 5. The van der Waals surface area contributed by atoms with Gasteiger partial charge in [-0.15, -0.1) is 0 Å². The van der Waals surface area contributed by atoms with Crippen LogP contribution in [-0.2, 0) is 0 Å². The number of fused-ring (bicyclic) bond motifs is 1. The number of aromatic hydroxyl groups is 1. The van der Waals surface area contributed by atoms with E-state index in [9.17, 15) is 14.7 Å². The summed E-state index contributed by atoms with van der Waals surface area (Å²) in [4.78, 5) is 27.6. The lowest BCUT2D eigenvalue weighted by molar-refractivity contribution is 0.0998. The van der Waals surface area contributed by atoms with Crippen molar-refractivity contribution in [2.45, 2.75) is 6.92 Å². The summed E-state index contributed by atoms with van der Waals surface area (Å²) in [6.45, 7) is 2.27. The zero-order chi connectivity index (χ0) is 20.3. The van der Waals surface area contributed by atoms with Crippen LogP contribution in [0.2, 0.25) is 5.02 Å². The summed E-state index contributed by atoms with van der Waals surface area (Å²) in [5.74, 6) is -0.557. The number of amides is 3. The van der Waals surface area contributed by atoms with Crippen LogP contribution in [0, 0.1) is 0 Å². The number of ether oxygens (including phenoxy) is 1. The zero-order valence-corrected chi connectivity index (χ0v) is 15.6. The minimum atomic E-state index is -0.802. The molecule has 3 aromatic rings.